The minimum atomic E-state index is -0.851. The number of halogens is 3. The zero-order valence-corrected chi connectivity index (χ0v) is 10.2. The Morgan fingerprint density at radius 1 is 1.33 bits per heavy atom. The van der Waals surface area contributed by atoms with Crippen LogP contribution < -0.4 is 5.73 Å². The first-order valence-corrected chi connectivity index (χ1v) is 4.59. The van der Waals surface area contributed by atoms with Crippen molar-refractivity contribution in [3.63, 3.8) is 0 Å². The van der Waals surface area contributed by atoms with Gasteiger partial charge >= 0.3 is 5.97 Å². The van der Waals surface area contributed by atoms with Gasteiger partial charge in [-0.1, -0.05) is 23.2 Å². The van der Waals surface area contributed by atoms with E-state index in [-0.39, 0.29) is 12.4 Å². The first-order chi connectivity index (χ1) is 6.54. The molecule has 0 aliphatic rings. The lowest BCUT2D eigenvalue weighted by molar-refractivity contribution is -0.142. The predicted octanol–water partition coefficient (Wildman–Crippen LogP) is 2.59. The van der Waals surface area contributed by atoms with Crippen molar-refractivity contribution in [3.05, 3.63) is 33.8 Å². The maximum absolute atomic E-state index is 11.1. The molecule has 0 fully saturated rings. The molecule has 0 spiro atoms. The molecule has 1 aromatic rings. The minimum absolute atomic E-state index is 0. The SMILES string of the molecule is COC(=O)C(N)c1cc(Cl)cc(Cl)c1.Cl. The second-order valence-electron chi connectivity index (χ2n) is 2.70. The van der Waals surface area contributed by atoms with Crippen molar-refractivity contribution in [2.45, 2.75) is 6.04 Å². The molecule has 0 amide bonds. The lowest BCUT2D eigenvalue weighted by Crippen LogP contribution is -2.22. The van der Waals surface area contributed by atoms with Crippen molar-refractivity contribution in [2.24, 2.45) is 5.73 Å². The molecule has 84 valence electrons. The molecular formula is C9H10Cl3NO2. The van der Waals surface area contributed by atoms with Crippen LogP contribution in [0.4, 0.5) is 0 Å². The van der Waals surface area contributed by atoms with E-state index in [9.17, 15) is 4.79 Å². The number of esters is 1. The molecule has 15 heavy (non-hydrogen) atoms. The number of methoxy groups -OCH3 is 1. The highest BCUT2D eigenvalue weighted by atomic mass is 35.5. The van der Waals surface area contributed by atoms with Crippen molar-refractivity contribution < 1.29 is 9.53 Å². The molecule has 1 unspecified atom stereocenters. The number of rotatable bonds is 2. The van der Waals surface area contributed by atoms with E-state index in [2.05, 4.69) is 4.74 Å². The number of hydrogen-bond donors (Lipinski definition) is 1. The summed E-state index contributed by atoms with van der Waals surface area (Å²) in [5.74, 6) is -0.525. The fraction of sp³-hybridized carbons (Fsp3) is 0.222. The van der Waals surface area contributed by atoms with Crippen LogP contribution in [0.25, 0.3) is 0 Å². The Kier molecular flexibility index (Phi) is 5.98. The Balaban J connectivity index is 0.00000196. The van der Waals surface area contributed by atoms with Crippen LogP contribution in [0.15, 0.2) is 18.2 Å². The van der Waals surface area contributed by atoms with E-state index in [0.29, 0.717) is 15.6 Å². The largest absolute Gasteiger partial charge is 0.468 e. The van der Waals surface area contributed by atoms with Gasteiger partial charge in [-0.05, 0) is 23.8 Å². The van der Waals surface area contributed by atoms with Crippen molar-refractivity contribution in [1.29, 1.82) is 0 Å². The van der Waals surface area contributed by atoms with Crippen molar-refractivity contribution in [1.82, 2.24) is 0 Å². The molecule has 0 saturated carbocycles. The van der Waals surface area contributed by atoms with E-state index in [1.165, 1.54) is 7.11 Å². The van der Waals surface area contributed by atoms with Crippen molar-refractivity contribution in [3.8, 4) is 0 Å². The molecule has 0 heterocycles. The molecule has 0 radical (unpaired) electrons. The van der Waals surface area contributed by atoms with E-state index < -0.39 is 12.0 Å². The summed E-state index contributed by atoms with van der Waals surface area (Å²) in [7, 11) is 1.27. The van der Waals surface area contributed by atoms with Gasteiger partial charge in [0.2, 0.25) is 0 Å². The zero-order valence-electron chi connectivity index (χ0n) is 7.87. The Morgan fingerprint density at radius 3 is 2.20 bits per heavy atom. The summed E-state index contributed by atoms with van der Waals surface area (Å²) in [5.41, 5.74) is 6.13. The van der Waals surface area contributed by atoms with Crippen LogP contribution in [0.2, 0.25) is 10.0 Å². The second kappa shape index (κ2) is 6.18. The first kappa shape index (κ1) is 14.5. The fourth-order valence-electron chi connectivity index (χ4n) is 1.02. The van der Waals surface area contributed by atoms with Gasteiger partial charge in [0, 0.05) is 10.0 Å². The smallest absolute Gasteiger partial charge is 0.327 e. The van der Waals surface area contributed by atoms with E-state index >= 15 is 0 Å². The Morgan fingerprint density at radius 2 is 1.80 bits per heavy atom. The molecule has 0 saturated heterocycles. The molecule has 0 bridgehead atoms. The van der Waals surface area contributed by atoms with Crippen LogP contribution >= 0.6 is 35.6 Å². The van der Waals surface area contributed by atoms with Gasteiger partial charge in [-0.15, -0.1) is 12.4 Å². The van der Waals surface area contributed by atoms with Gasteiger partial charge in [-0.25, -0.2) is 0 Å². The molecule has 1 rings (SSSR count). The Hall–Kier alpha value is -0.480. The van der Waals surface area contributed by atoms with Crippen LogP contribution in [0.5, 0.6) is 0 Å². The highest BCUT2D eigenvalue weighted by Crippen LogP contribution is 2.22. The number of benzene rings is 1. The highest BCUT2D eigenvalue weighted by molar-refractivity contribution is 6.34. The molecule has 0 aliphatic heterocycles. The summed E-state index contributed by atoms with van der Waals surface area (Å²) in [6.45, 7) is 0. The third-order valence-electron chi connectivity index (χ3n) is 1.70. The van der Waals surface area contributed by atoms with Gasteiger partial charge in [0.25, 0.3) is 0 Å². The first-order valence-electron chi connectivity index (χ1n) is 3.84. The molecule has 3 nitrogen and oxygen atoms in total. The third-order valence-corrected chi connectivity index (χ3v) is 2.14. The average Bonchev–Trinajstić information content (AvgIpc) is 2.14. The number of nitrogens with two attached hydrogens (primary N) is 1. The maximum Gasteiger partial charge on any atom is 0.327 e. The Bertz CT molecular complexity index is 337. The van der Waals surface area contributed by atoms with E-state index in [1.807, 2.05) is 0 Å². The lowest BCUT2D eigenvalue weighted by atomic mass is 10.1. The van der Waals surface area contributed by atoms with Gasteiger partial charge in [-0.3, -0.25) is 4.79 Å². The number of carbonyl (C=O) groups is 1. The van der Waals surface area contributed by atoms with E-state index in [0.717, 1.165) is 0 Å². The average molecular weight is 271 g/mol. The molecule has 2 N–H and O–H groups in total. The summed E-state index contributed by atoms with van der Waals surface area (Å²) in [6, 6.07) is 3.87. The summed E-state index contributed by atoms with van der Waals surface area (Å²) in [6.07, 6.45) is 0. The maximum atomic E-state index is 11.1. The zero-order chi connectivity index (χ0) is 10.7. The minimum Gasteiger partial charge on any atom is -0.468 e. The quantitative estimate of drug-likeness (QED) is 0.841. The van der Waals surface area contributed by atoms with Crippen molar-refractivity contribution in [2.75, 3.05) is 7.11 Å². The molecular weight excluding hydrogens is 260 g/mol. The second-order valence-corrected chi connectivity index (χ2v) is 3.58. The number of hydrogen-bond acceptors (Lipinski definition) is 3. The van der Waals surface area contributed by atoms with Gasteiger partial charge in [0.15, 0.2) is 0 Å². The molecule has 0 aliphatic carbocycles. The number of carbonyl (C=O) groups excluding carboxylic acids is 1. The van der Waals surface area contributed by atoms with Crippen LogP contribution in [-0.2, 0) is 9.53 Å². The molecule has 1 atom stereocenters. The fourth-order valence-corrected chi connectivity index (χ4v) is 1.56. The Labute approximate surface area is 104 Å². The lowest BCUT2D eigenvalue weighted by Gasteiger charge is -2.09. The van der Waals surface area contributed by atoms with Crippen LogP contribution in [0.3, 0.4) is 0 Å². The standard InChI is InChI=1S/C9H9Cl2NO2.ClH/c1-14-9(13)8(12)5-2-6(10)4-7(11)3-5;/h2-4,8H,12H2,1H3;1H. The van der Waals surface area contributed by atoms with E-state index in [1.54, 1.807) is 18.2 Å². The monoisotopic (exact) mass is 269 g/mol. The van der Waals surface area contributed by atoms with Crippen LogP contribution in [0, 0.1) is 0 Å². The van der Waals surface area contributed by atoms with Crippen molar-refractivity contribution >= 4 is 41.6 Å². The summed E-state index contributed by atoms with van der Waals surface area (Å²) in [4.78, 5) is 11.1. The summed E-state index contributed by atoms with van der Waals surface area (Å²) >= 11 is 11.5. The predicted molar refractivity (Wildman–Crippen MR) is 62.7 cm³/mol. The van der Waals surface area contributed by atoms with Gasteiger partial charge in [0.1, 0.15) is 6.04 Å². The van der Waals surface area contributed by atoms with Crippen LogP contribution in [-0.4, -0.2) is 13.1 Å². The van der Waals surface area contributed by atoms with Gasteiger partial charge < -0.3 is 10.5 Å². The van der Waals surface area contributed by atoms with E-state index in [4.69, 9.17) is 28.9 Å². The normalized spacial score (nSPS) is 11.5. The third kappa shape index (κ3) is 3.87. The van der Waals surface area contributed by atoms with Gasteiger partial charge in [0.05, 0.1) is 7.11 Å². The topological polar surface area (TPSA) is 52.3 Å². The molecule has 6 heteroatoms. The number of ether oxygens (including phenoxy) is 1. The molecule has 0 aromatic heterocycles. The van der Waals surface area contributed by atoms with Crippen LogP contribution in [0.1, 0.15) is 11.6 Å². The molecule has 1 aromatic carbocycles. The summed E-state index contributed by atoms with van der Waals surface area (Å²) < 4.78 is 4.50. The summed E-state index contributed by atoms with van der Waals surface area (Å²) in [5, 5.41) is 0.874. The van der Waals surface area contributed by atoms with Gasteiger partial charge in [-0.2, -0.15) is 0 Å². The highest BCUT2D eigenvalue weighted by Gasteiger charge is 2.16.